The van der Waals surface area contributed by atoms with Gasteiger partial charge in [-0.2, -0.15) is 0 Å². The van der Waals surface area contributed by atoms with Crippen molar-refractivity contribution in [2.24, 2.45) is 5.73 Å². The van der Waals surface area contributed by atoms with E-state index >= 15 is 0 Å². The number of urea groups is 1. The van der Waals surface area contributed by atoms with E-state index in [9.17, 15) is 14.4 Å². The molecular weight excluding hydrogens is 402 g/mol. The zero-order chi connectivity index (χ0) is 21.5. The average molecular weight is 423 g/mol. The molecule has 0 aliphatic carbocycles. The van der Waals surface area contributed by atoms with Crippen LogP contribution in [-0.2, 0) is 11.2 Å². The Bertz CT molecular complexity index is 1040. The van der Waals surface area contributed by atoms with Crippen molar-refractivity contribution in [3.05, 3.63) is 76.8 Å². The summed E-state index contributed by atoms with van der Waals surface area (Å²) in [5, 5.41) is 3.10. The number of rotatable bonds is 6. The van der Waals surface area contributed by atoms with Gasteiger partial charge < -0.3 is 11.1 Å². The van der Waals surface area contributed by atoms with Crippen molar-refractivity contribution in [2.45, 2.75) is 19.4 Å². The zero-order valence-corrected chi connectivity index (χ0v) is 17.0. The standard InChI is InChI=1S/C21H21N5O3S/c1-13-17(30-20(23-13)15-10-6-3-7-11-15)19(28)26-25-18(27)16(24-21(22)29)12-14-8-4-2-5-9-14/h2-11,16H,12H2,1H3,(H,25,27)(H,26,28)(H3,22,24,29). The number of nitrogens with two attached hydrogens (primary N) is 1. The lowest BCUT2D eigenvalue weighted by Crippen LogP contribution is -2.54. The molecule has 1 aromatic heterocycles. The summed E-state index contributed by atoms with van der Waals surface area (Å²) in [6, 6.07) is 16.9. The number of nitrogens with one attached hydrogen (secondary N) is 3. The number of hydrogen-bond acceptors (Lipinski definition) is 5. The molecule has 0 radical (unpaired) electrons. The molecule has 5 N–H and O–H groups in total. The molecule has 0 aliphatic rings. The lowest BCUT2D eigenvalue weighted by Gasteiger charge is -2.17. The van der Waals surface area contributed by atoms with Gasteiger partial charge in [-0.05, 0) is 12.5 Å². The molecule has 30 heavy (non-hydrogen) atoms. The number of carbonyl (C=O) groups excluding carboxylic acids is 3. The molecule has 0 aliphatic heterocycles. The third-order valence-corrected chi connectivity index (χ3v) is 5.44. The van der Waals surface area contributed by atoms with Gasteiger partial charge in [-0.15, -0.1) is 11.3 Å². The van der Waals surface area contributed by atoms with E-state index in [1.165, 1.54) is 11.3 Å². The fourth-order valence-corrected chi connectivity index (χ4v) is 3.77. The molecule has 3 rings (SSSR count). The van der Waals surface area contributed by atoms with Crippen LogP contribution in [0.5, 0.6) is 0 Å². The number of hydrazine groups is 1. The fourth-order valence-electron chi connectivity index (χ4n) is 2.80. The summed E-state index contributed by atoms with van der Waals surface area (Å²) in [6.07, 6.45) is 0.225. The SMILES string of the molecule is Cc1nc(-c2ccccc2)sc1C(=O)NNC(=O)C(Cc1ccccc1)NC(N)=O. The molecule has 4 amide bonds. The van der Waals surface area contributed by atoms with E-state index in [1.807, 2.05) is 60.7 Å². The highest BCUT2D eigenvalue weighted by atomic mass is 32.1. The van der Waals surface area contributed by atoms with Gasteiger partial charge in [-0.25, -0.2) is 9.78 Å². The van der Waals surface area contributed by atoms with Crippen LogP contribution in [0.1, 0.15) is 20.9 Å². The van der Waals surface area contributed by atoms with Gasteiger partial charge in [0.15, 0.2) is 0 Å². The van der Waals surface area contributed by atoms with Crippen LogP contribution in [0.2, 0.25) is 0 Å². The second-order valence-corrected chi connectivity index (χ2v) is 7.49. The van der Waals surface area contributed by atoms with Gasteiger partial charge >= 0.3 is 6.03 Å². The number of aryl methyl sites for hydroxylation is 1. The summed E-state index contributed by atoms with van der Waals surface area (Å²) in [4.78, 5) is 41.2. The van der Waals surface area contributed by atoms with E-state index in [0.717, 1.165) is 11.1 Å². The van der Waals surface area contributed by atoms with Gasteiger partial charge in [0.05, 0.1) is 5.69 Å². The first-order chi connectivity index (χ1) is 14.4. The Kier molecular flexibility index (Phi) is 6.76. The highest BCUT2D eigenvalue weighted by molar-refractivity contribution is 7.17. The fraction of sp³-hybridized carbons (Fsp3) is 0.143. The van der Waals surface area contributed by atoms with Crippen LogP contribution < -0.4 is 21.9 Å². The Morgan fingerprint density at radius 2 is 1.63 bits per heavy atom. The quantitative estimate of drug-likeness (QED) is 0.453. The predicted molar refractivity (Wildman–Crippen MR) is 115 cm³/mol. The lowest BCUT2D eigenvalue weighted by atomic mass is 10.1. The van der Waals surface area contributed by atoms with Gasteiger partial charge in [-0.3, -0.25) is 20.4 Å². The number of benzene rings is 2. The number of thiazole rings is 1. The van der Waals surface area contributed by atoms with Gasteiger partial charge in [0.2, 0.25) is 0 Å². The topological polar surface area (TPSA) is 126 Å². The van der Waals surface area contributed by atoms with Gasteiger partial charge in [0.25, 0.3) is 11.8 Å². The largest absolute Gasteiger partial charge is 0.352 e. The molecule has 3 aromatic rings. The second kappa shape index (κ2) is 9.66. The van der Waals surface area contributed by atoms with Crippen molar-refractivity contribution < 1.29 is 14.4 Å². The van der Waals surface area contributed by atoms with Gasteiger partial charge in [0.1, 0.15) is 15.9 Å². The minimum absolute atomic E-state index is 0.225. The molecule has 1 heterocycles. The Labute approximate surface area is 177 Å². The maximum atomic E-state index is 12.6. The van der Waals surface area contributed by atoms with Crippen molar-refractivity contribution in [2.75, 3.05) is 0 Å². The van der Waals surface area contributed by atoms with Crippen LogP contribution in [0, 0.1) is 6.92 Å². The summed E-state index contributed by atoms with van der Waals surface area (Å²) in [7, 11) is 0. The number of amides is 4. The minimum Gasteiger partial charge on any atom is -0.352 e. The molecule has 0 spiro atoms. The molecule has 1 atom stereocenters. The van der Waals surface area contributed by atoms with E-state index in [1.54, 1.807) is 6.92 Å². The Morgan fingerprint density at radius 1 is 1.00 bits per heavy atom. The van der Waals surface area contributed by atoms with E-state index in [4.69, 9.17) is 5.73 Å². The van der Waals surface area contributed by atoms with Crippen molar-refractivity contribution in [3.8, 4) is 10.6 Å². The second-order valence-electron chi connectivity index (χ2n) is 6.49. The zero-order valence-electron chi connectivity index (χ0n) is 16.2. The normalized spacial score (nSPS) is 11.4. The summed E-state index contributed by atoms with van der Waals surface area (Å²) >= 11 is 1.23. The first-order valence-electron chi connectivity index (χ1n) is 9.17. The highest BCUT2D eigenvalue weighted by Crippen LogP contribution is 2.27. The smallest absolute Gasteiger partial charge is 0.312 e. The van der Waals surface area contributed by atoms with E-state index in [2.05, 4.69) is 21.2 Å². The molecule has 0 saturated heterocycles. The molecule has 8 nitrogen and oxygen atoms in total. The van der Waals surface area contributed by atoms with Gasteiger partial charge in [-0.1, -0.05) is 60.7 Å². The highest BCUT2D eigenvalue weighted by Gasteiger charge is 2.22. The van der Waals surface area contributed by atoms with E-state index in [-0.39, 0.29) is 6.42 Å². The van der Waals surface area contributed by atoms with Crippen LogP contribution in [0.3, 0.4) is 0 Å². The third-order valence-electron chi connectivity index (χ3n) is 4.24. The van der Waals surface area contributed by atoms with E-state index in [0.29, 0.717) is 15.6 Å². The Balaban J connectivity index is 1.65. The number of nitrogens with zero attached hydrogens (tertiary/aromatic N) is 1. The van der Waals surface area contributed by atoms with Crippen LogP contribution in [-0.4, -0.2) is 28.9 Å². The van der Waals surface area contributed by atoms with Crippen molar-refractivity contribution in [3.63, 3.8) is 0 Å². The number of aromatic nitrogens is 1. The third kappa shape index (κ3) is 5.42. The van der Waals surface area contributed by atoms with Crippen LogP contribution >= 0.6 is 11.3 Å². The molecule has 0 saturated carbocycles. The van der Waals surface area contributed by atoms with Crippen molar-refractivity contribution in [1.29, 1.82) is 0 Å². The first-order valence-corrected chi connectivity index (χ1v) is 9.98. The predicted octanol–water partition coefficient (Wildman–Crippen LogP) is 2.16. The summed E-state index contributed by atoms with van der Waals surface area (Å²) in [5.41, 5.74) is 12.2. The molecule has 0 fully saturated rings. The van der Waals surface area contributed by atoms with Crippen LogP contribution in [0.4, 0.5) is 4.79 Å². The maximum absolute atomic E-state index is 12.6. The first kappa shape index (κ1) is 21.0. The van der Waals surface area contributed by atoms with Crippen molar-refractivity contribution >= 4 is 29.2 Å². The Hall–Kier alpha value is -3.72. The summed E-state index contributed by atoms with van der Waals surface area (Å²) in [6.45, 7) is 1.73. The van der Waals surface area contributed by atoms with Gasteiger partial charge in [0, 0.05) is 12.0 Å². The molecule has 154 valence electrons. The number of carbonyl (C=O) groups is 3. The minimum atomic E-state index is -0.937. The Morgan fingerprint density at radius 3 is 2.27 bits per heavy atom. The maximum Gasteiger partial charge on any atom is 0.312 e. The lowest BCUT2D eigenvalue weighted by molar-refractivity contribution is -0.123. The average Bonchev–Trinajstić information content (AvgIpc) is 3.14. The van der Waals surface area contributed by atoms with E-state index < -0.39 is 23.9 Å². The number of primary amides is 1. The van der Waals surface area contributed by atoms with Crippen LogP contribution in [0.25, 0.3) is 10.6 Å². The van der Waals surface area contributed by atoms with Crippen molar-refractivity contribution in [1.82, 2.24) is 21.2 Å². The summed E-state index contributed by atoms with van der Waals surface area (Å²) < 4.78 is 0. The molecule has 1 unspecified atom stereocenters. The molecule has 2 aromatic carbocycles. The summed E-state index contributed by atoms with van der Waals surface area (Å²) in [5.74, 6) is -1.07. The molecule has 0 bridgehead atoms. The number of hydrogen-bond donors (Lipinski definition) is 4. The molecule has 9 heteroatoms. The molecular formula is C21H21N5O3S. The van der Waals surface area contributed by atoms with Crippen LogP contribution in [0.15, 0.2) is 60.7 Å². The monoisotopic (exact) mass is 423 g/mol.